The van der Waals surface area contributed by atoms with Gasteiger partial charge in [-0.15, -0.1) is 0 Å². The van der Waals surface area contributed by atoms with Crippen molar-refractivity contribution in [2.75, 3.05) is 17.6 Å². The highest BCUT2D eigenvalue weighted by Gasteiger charge is 2.05. The van der Waals surface area contributed by atoms with Crippen LogP contribution in [-0.2, 0) is 6.42 Å². The Morgan fingerprint density at radius 2 is 2.16 bits per heavy atom. The van der Waals surface area contributed by atoms with E-state index in [1.54, 1.807) is 6.20 Å². The molecule has 0 bridgehead atoms. The highest BCUT2D eigenvalue weighted by molar-refractivity contribution is 5.98. The van der Waals surface area contributed by atoms with E-state index in [-0.39, 0.29) is 0 Å². The first-order valence-electron chi connectivity index (χ1n) is 5.97. The van der Waals surface area contributed by atoms with E-state index in [1.165, 1.54) is 6.33 Å². The lowest BCUT2D eigenvalue weighted by Crippen LogP contribution is -2.06. The SMILES string of the molecule is Nc1ccc(NCCc2ncno2)c2ncccc12. The highest BCUT2D eigenvalue weighted by atomic mass is 16.5. The van der Waals surface area contributed by atoms with Crippen LogP contribution in [0.1, 0.15) is 5.89 Å². The van der Waals surface area contributed by atoms with E-state index < -0.39 is 0 Å². The Labute approximate surface area is 109 Å². The van der Waals surface area contributed by atoms with E-state index >= 15 is 0 Å². The summed E-state index contributed by atoms with van der Waals surface area (Å²) in [5.74, 6) is 0.611. The van der Waals surface area contributed by atoms with Gasteiger partial charge in [0.2, 0.25) is 5.89 Å². The van der Waals surface area contributed by atoms with Gasteiger partial charge in [0.1, 0.15) is 0 Å². The molecule has 0 aliphatic heterocycles. The molecule has 0 aliphatic rings. The smallest absolute Gasteiger partial charge is 0.228 e. The van der Waals surface area contributed by atoms with Gasteiger partial charge in [-0.25, -0.2) is 0 Å². The van der Waals surface area contributed by atoms with Gasteiger partial charge in [0, 0.05) is 30.2 Å². The third-order valence-corrected chi connectivity index (χ3v) is 2.86. The minimum Gasteiger partial charge on any atom is -0.398 e. The molecule has 6 heteroatoms. The number of anilines is 2. The number of hydrogen-bond acceptors (Lipinski definition) is 6. The van der Waals surface area contributed by atoms with E-state index in [0.717, 1.165) is 22.3 Å². The Balaban J connectivity index is 1.79. The van der Waals surface area contributed by atoms with Gasteiger partial charge in [-0.3, -0.25) is 4.98 Å². The fraction of sp³-hybridized carbons (Fsp3) is 0.154. The molecule has 96 valence electrons. The molecule has 0 atom stereocenters. The molecule has 3 N–H and O–H groups in total. The molecule has 0 amide bonds. The Morgan fingerprint density at radius 1 is 1.21 bits per heavy atom. The van der Waals surface area contributed by atoms with Crippen molar-refractivity contribution >= 4 is 22.3 Å². The summed E-state index contributed by atoms with van der Waals surface area (Å²) in [4.78, 5) is 8.33. The molecule has 19 heavy (non-hydrogen) atoms. The first-order chi connectivity index (χ1) is 9.34. The number of aromatic nitrogens is 3. The molecule has 1 aromatic carbocycles. The highest BCUT2D eigenvalue weighted by Crippen LogP contribution is 2.26. The average Bonchev–Trinajstić information content (AvgIpc) is 2.95. The topological polar surface area (TPSA) is 89.9 Å². The maximum atomic E-state index is 5.93. The Bertz CT molecular complexity index is 681. The van der Waals surface area contributed by atoms with Crippen molar-refractivity contribution in [1.29, 1.82) is 0 Å². The second-order valence-electron chi connectivity index (χ2n) is 4.11. The van der Waals surface area contributed by atoms with Crippen molar-refractivity contribution < 1.29 is 4.52 Å². The number of nitrogens with two attached hydrogens (primary N) is 1. The molecule has 0 unspecified atom stereocenters. The summed E-state index contributed by atoms with van der Waals surface area (Å²) in [5, 5.41) is 7.82. The van der Waals surface area contributed by atoms with Crippen molar-refractivity contribution in [3.05, 3.63) is 42.7 Å². The van der Waals surface area contributed by atoms with Gasteiger partial charge < -0.3 is 15.6 Å². The Morgan fingerprint density at radius 3 is 3.00 bits per heavy atom. The quantitative estimate of drug-likeness (QED) is 0.691. The number of nitrogens with one attached hydrogen (secondary N) is 1. The molecule has 0 fully saturated rings. The lowest BCUT2D eigenvalue weighted by atomic mass is 10.1. The summed E-state index contributed by atoms with van der Waals surface area (Å²) in [7, 11) is 0. The standard InChI is InChI=1S/C13H13N5O/c14-10-3-4-11(13-9(10)2-1-6-16-13)15-7-5-12-17-8-18-19-12/h1-4,6,8,15H,5,7,14H2. The van der Waals surface area contributed by atoms with E-state index in [0.29, 0.717) is 18.9 Å². The lowest BCUT2D eigenvalue weighted by molar-refractivity contribution is 0.380. The van der Waals surface area contributed by atoms with Gasteiger partial charge in [0.15, 0.2) is 6.33 Å². The van der Waals surface area contributed by atoms with Gasteiger partial charge in [-0.05, 0) is 24.3 Å². The molecular formula is C13H13N5O. The van der Waals surface area contributed by atoms with Crippen LogP contribution in [-0.4, -0.2) is 21.7 Å². The number of pyridine rings is 1. The van der Waals surface area contributed by atoms with Gasteiger partial charge in [0.05, 0.1) is 11.2 Å². The Kier molecular flexibility index (Phi) is 2.97. The second kappa shape index (κ2) is 4.93. The van der Waals surface area contributed by atoms with E-state index in [4.69, 9.17) is 10.3 Å². The molecule has 3 aromatic rings. The van der Waals surface area contributed by atoms with Gasteiger partial charge >= 0.3 is 0 Å². The van der Waals surface area contributed by atoms with Crippen LogP contribution in [0.3, 0.4) is 0 Å². The first kappa shape index (κ1) is 11.5. The lowest BCUT2D eigenvalue weighted by Gasteiger charge is -2.09. The molecule has 0 aliphatic carbocycles. The third kappa shape index (κ3) is 2.33. The Hall–Kier alpha value is -2.63. The number of fused-ring (bicyclic) bond motifs is 1. The summed E-state index contributed by atoms with van der Waals surface area (Å²) >= 11 is 0. The van der Waals surface area contributed by atoms with Crippen LogP contribution in [0, 0.1) is 0 Å². The van der Waals surface area contributed by atoms with Gasteiger partial charge in [0.25, 0.3) is 0 Å². The minimum absolute atomic E-state index is 0.611. The number of nitrogen functional groups attached to an aromatic ring is 1. The molecule has 2 aromatic heterocycles. The largest absolute Gasteiger partial charge is 0.398 e. The number of hydrogen-bond donors (Lipinski definition) is 2. The van der Waals surface area contributed by atoms with Crippen LogP contribution < -0.4 is 11.1 Å². The van der Waals surface area contributed by atoms with Crippen molar-refractivity contribution in [1.82, 2.24) is 15.1 Å². The van der Waals surface area contributed by atoms with E-state index in [2.05, 4.69) is 20.4 Å². The van der Waals surface area contributed by atoms with Crippen LogP contribution >= 0.6 is 0 Å². The number of nitrogens with zero attached hydrogens (tertiary/aromatic N) is 3. The number of rotatable bonds is 4. The molecule has 0 spiro atoms. The predicted octanol–water partition coefficient (Wildman–Crippen LogP) is 1.85. The fourth-order valence-corrected chi connectivity index (χ4v) is 1.95. The third-order valence-electron chi connectivity index (χ3n) is 2.86. The normalized spacial score (nSPS) is 10.7. The summed E-state index contributed by atoms with van der Waals surface area (Å²) in [5.41, 5.74) is 8.47. The van der Waals surface area contributed by atoms with Crippen LogP contribution in [0.5, 0.6) is 0 Å². The monoisotopic (exact) mass is 255 g/mol. The van der Waals surface area contributed by atoms with Crippen LogP contribution in [0.25, 0.3) is 10.9 Å². The first-order valence-corrected chi connectivity index (χ1v) is 5.97. The average molecular weight is 255 g/mol. The molecule has 0 saturated heterocycles. The maximum absolute atomic E-state index is 5.93. The zero-order valence-corrected chi connectivity index (χ0v) is 10.2. The summed E-state index contributed by atoms with van der Waals surface area (Å²) in [6.45, 7) is 0.692. The number of benzene rings is 1. The maximum Gasteiger partial charge on any atom is 0.228 e. The summed E-state index contributed by atoms with van der Waals surface area (Å²) in [6, 6.07) is 7.64. The van der Waals surface area contributed by atoms with Crippen LogP contribution in [0.2, 0.25) is 0 Å². The fourth-order valence-electron chi connectivity index (χ4n) is 1.95. The minimum atomic E-state index is 0.611. The molecule has 0 radical (unpaired) electrons. The van der Waals surface area contributed by atoms with Crippen molar-refractivity contribution in [3.8, 4) is 0 Å². The summed E-state index contributed by atoms with van der Waals surface area (Å²) in [6.07, 6.45) is 3.82. The van der Waals surface area contributed by atoms with Crippen molar-refractivity contribution in [2.24, 2.45) is 0 Å². The molecule has 6 nitrogen and oxygen atoms in total. The van der Waals surface area contributed by atoms with Crippen molar-refractivity contribution in [2.45, 2.75) is 6.42 Å². The zero-order valence-electron chi connectivity index (χ0n) is 10.2. The second-order valence-corrected chi connectivity index (χ2v) is 4.11. The van der Waals surface area contributed by atoms with Gasteiger partial charge in [-0.1, -0.05) is 5.16 Å². The molecule has 0 saturated carbocycles. The van der Waals surface area contributed by atoms with Gasteiger partial charge in [-0.2, -0.15) is 4.98 Å². The molecule has 2 heterocycles. The van der Waals surface area contributed by atoms with E-state index in [1.807, 2.05) is 24.3 Å². The van der Waals surface area contributed by atoms with Crippen molar-refractivity contribution in [3.63, 3.8) is 0 Å². The van der Waals surface area contributed by atoms with Crippen LogP contribution in [0.4, 0.5) is 11.4 Å². The molecular weight excluding hydrogens is 242 g/mol. The van der Waals surface area contributed by atoms with Crippen LogP contribution in [0.15, 0.2) is 41.3 Å². The zero-order chi connectivity index (χ0) is 13.1. The predicted molar refractivity (Wildman–Crippen MR) is 72.6 cm³/mol. The molecule has 3 rings (SSSR count). The summed E-state index contributed by atoms with van der Waals surface area (Å²) < 4.78 is 4.94. The van der Waals surface area contributed by atoms with E-state index in [9.17, 15) is 0 Å².